The molecule has 0 bridgehead atoms. The smallest absolute Gasteiger partial charge is 0.260 e. The maximum atomic E-state index is 13.5. The molecule has 1 N–H and O–H groups in total. The van der Waals surface area contributed by atoms with Crippen molar-refractivity contribution in [1.82, 2.24) is 4.90 Å². The molecule has 19 heavy (non-hydrogen) atoms. The van der Waals surface area contributed by atoms with Crippen LogP contribution in [-0.4, -0.2) is 41.7 Å². The van der Waals surface area contributed by atoms with Crippen molar-refractivity contribution in [2.24, 2.45) is 0 Å². The van der Waals surface area contributed by atoms with Crippen molar-refractivity contribution < 1.29 is 19.0 Å². The average molecular weight is 334 g/mol. The second kappa shape index (κ2) is 6.34. The van der Waals surface area contributed by atoms with Gasteiger partial charge in [-0.05, 0) is 32.0 Å². The molecule has 0 aromatic heterocycles. The minimum Gasteiger partial charge on any atom is -0.481 e. The van der Waals surface area contributed by atoms with Crippen molar-refractivity contribution in [3.8, 4) is 5.75 Å². The van der Waals surface area contributed by atoms with Crippen LogP contribution in [0.5, 0.6) is 5.75 Å². The minimum absolute atomic E-state index is 0.0201. The number of carbonyl (C=O) groups is 1. The fraction of sp³-hybridized carbons (Fsp3) is 0.462. The van der Waals surface area contributed by atoms with Gasteiger partial charge in [-0.25, -0.2) is 4.39 Å². The molecule has 106 valence electrons. The molecule has 0 atom stereocenters. The van der Waals surface area contributed by atoms with E-state index in [2.05, 4.69) is 15.9 Å². The number of ether oxygens (including phenoxy) is 1. The second-order valence-corrected chi connectivity index (χ2v) is 5.70. The third-order valence-corrected chi connectivity index (χ3v) is 3.41. The van der Waals surface area contributed by atoms with Crippen LogP contribution in [0.4, 0.5) is 4.39 Å². The van der Waals surface area contributed by atoms with Crippen LogP contribution in [-0.2, 0) is 4.79 Å². The first-order valence-corrected chi connectivity index (χ1v) is 6.52. The van der Waals surface area contributed by atoms with Crippen LogP contribution in [0.15, 0.2) is 22.7 Å². The van der Waals surface area contributed by atoms with Crippen molar-refractivity contribution in [3.63, 3.8) is 0 Å². The summed E-state index contributed by atoms with van der Waals surface area (Å²) in [5.41, 5.74) is -0.682. The van der Waals surface area contributed by atoms with E-state index in [0.717, 1.165) is 0 Å². The van der Waals surface area contributed by atoms with E-state index >= 15 is 0 Å². The standard InChI is InChI=1S/C13H17BrFNO3/c1-13(2,8-17)16(3)12(18)7-19-11-5-4-9(14)6-10(11)15/h4-6,17H,7-8H2,1-3H3. The largest absolute Gasteiger partial charge is 0.481 e. The number of carbonyl (C=O) groups excluding carboxylic acids is 1. The molecule has 1 amide bonds. The van der Waals surface area contributed by atoms with Crippen molar-refractivity contribution in [2.45, 2.75) is 19.4 Å². The molecule has 1 rings (SSSR count). The molecule has 1 aromatic rings. The Kier molecular flexibility index (Phi) is 5.31. The van der Waals surface area contributed by atoms with E-state index < -0.39 is 11.4 Å². The van der Waals surface area contributed by atoms with Crippen LogP contribution in [0.2, 0.25) is 0 Å². The second-order valence-electron chi connectivity index (χ2n) is 4.79. The van der Waals surface area contributed by atoms with Gasteiger partial charge in [0, 0.05) is 11.5 Å². The van der Waals surface area contributed by atoms with E-state index in [1.165, 1.54) is 17.0 Å². The molecule has 0 aliphatic rings. The lowest BCUT2D eigenvalue weighted by Gasteiger charge is -2.33. The molecule has 0 heterocycles. The molecule has 6 heteroatoms. The first-order valence-electron chi connectivity index (χ1n) is 5.73. The number of rotatable bonds is 5. The van der Waals surface area contributed by atoms with Crippen LogP contribution < -0.4 is 4.74 Å². The Labute approximate surface area is 120 Å². The fourth-order valence-electron chi connectivity index (χ4n) is 1.27. The Morgan fingerprint density at radius 2 is 2.16 bits per heavy atom. The lowest BCUT2D eigenvalue weighted by Crippen LogP contribution is -2.49. The van der Waals surface area contributed by atoms with E-state index in [0.29, 0.717) is 4.47 Å². The Bertz CT molecular complexity index is 465. The predicted octanol–water partition coefficient (Wildman–Crippen LogP) is 2.20. The topological polar surface area (TPSA) is 49.8 Å². The Morgan fingerprint density at radius 3 is 2.68 bits per heavy atom. The first kappa shape index (κ1) is 15.9. The van der Waals surface area contributed by atoms with Gasteiger partial charge in [0.25, 0.3) is 5.91 Å². The van der Waals surface area contributed by atoms with Gasteiger partial charge in [0.2, 0.25) is 0 Å². The number of amides is 1. The number of aliphatic hydroxyl groups excluding tert-OH is 1. The molecule has 4 nitrogen and oxygen atoms in total. The van der Waals surface area contributed by atoms with Crippen molar-refractivity contribution in [1.29, 1.82) is 0 Å². The third kappa shape index (κ3) is 4.18. The summed E-state index contributed by atoms with van der Waals surface area (Å²) in [6.07, 6.45) is 0. The van der Waals surface area contributed by atoms with Gasteiger partial charge >= 0.3 is 0 Å². The zero-order chi connectivity index (χ0) is 14.6. The van der Waals surface area contributed by atoms with Crippen LogP contribution in [0.3, 0.4) is 0 Å². The maximum Gasteiger partial charge on any atom is 0.260 e. The van der Waals surface area contributed by atoms with Crippen molar-refractivity contribution in [2.75, 3.05) is 20.3 Å². The highest BCUT2D eigenvalue weighted by Crippen LogP contribution is 2.21. The predicted molar refractivity (Wildman–Crippen MR) is 73.5 cm³/mol. The van der Waals surface area contributed by atoms with E-state index in [4.69, 9.17) is 4.74 Å². The lowest BCUT2D eigenvalue weighted by molar-refractivity contribution is -0.138. The number of halogens is 2. The zero-order valence-corrected chi connectivity index (χ0v) is 12.7. The summed E-state index contributed by atoms with van der Waals surface area (Å²) in [4.78, 5) is 13.2. The monoisotopic (exact) mass is 333 g/mol. The minimum atomic E-state index is -0.682. The van der Waals surface area contributed by atoms with Crippen molar-refractivity contribution >= 4 is 21.8 Å². The van der Waals surface area contributed by atoms with Crippen LogP contribution in [0.1, 0.15) is 13.8 Å². The molecule has 0 aliphatic heterocycles. The zero-order valence-electron chi connectivity index (χ0n) is 11.1. The SMILES string of the molecule is CN(C(=O)COc1ccc(Br)cc1F)C(C)(C)CO. The number of likely N-dealkylation sites (N-methyl/N-ethyl adjacent to an activating group) is 1. The summed E-state index contributed by atoms with van der Waals surface area (Å²) in [6, 6.07) is 4.34. The van der Waals surface area contributed by atoms with Crippen LogP contribution in [0.25, 0.3) is 0 Å². The van der Waals surface area contributed by atoms with E-state index in [1.807, 2.05) is 0 Å². The van der Waals surface area contributed by atoms with Gasteiger partial charge in [-0.1, -0.05) is 15.9 Å². The first-order chi connectivity index (χ1) is 8.77. The van der Waals surface area contributed by atoms with Gasteiger partial charge in [-0.2, -0.15) is 0 Å². The van der Waals surface area contributed by atoms with Crippen molar-refractivity contribution in [3.05, 3.63) is 28.5 Å². The molecule has 0 aliphatic carbocycles. The normalized spacial score (nSPS) is 11.3. The number of benzene rings is 1. The van der Waals surface area contributed by atoms with Gasteiger partial charge < -0.3 is 14.7 Å². The van der Waals surface area contributed by atoms with Gasteiger partial charge in [0.15, 0.2) is 18.2 Å². The number of nitrogens with zero attached hydrogens (tertiary/aromatic N) is 1. The highest BCUT2D eigenvalue weighted by atomic mass is 79.9. The van der Waals surface area contributed by atoms with E-state index in [9.17, 15) is 14.3 Å². The highest BCUT2D eigenvalue weighted by molar-refractivity contribution is 9.10. The summed E-state index contributed by atoms with van der Waals surface area (Å²) in [6.45, 7) is 3.01. The van der Waals surface area contributed by atoms with Crippen LogP contribution in [0, 0.1) is 5.82 Å². The average Bonchev–Trinajstić information content (AvgIpc) is 2.36. The molecule has 0 saturated carbocycles. The Hall–Kier alpha value is -1.14. The fourth-order valence-corrected chi connectivity index (χ4v) is 1.61. The van der Waals surface area contributed by atoms with Crippen LogP contribution >= 0.6 is 15.9 Å². The molecule has 0 unspecified atom stereocenters. The van der Waals surface area contributed by atoms with E-state index in [1.54, 1.807) is 27.0 Å². The third-order valence-electron chi connectivity index (χ3n) is 2.91. The molecular weight excluding hydrogens is 317 g/mol. The summed E-state index contributed by atoms with van der Waals surface area (Å²) in [5, 5.41) is 9.17. The Morgan fingerprint density at radius 1 is 1.53 bits per heavy atom. The maximum absolute atomic E-state index is 13.5. The van der Waals surface area contributed by atoms with Gasteiger partial charge in [0.1, 0.15) is 0 Å². The highest BCUT2D eigenvalue weighted by Gasteiger charge is 2.27. The lowest BCUT2D eigenvalue weighted by atomic mass is 10.1. The molecular formula is C13H17BrFNO3. The number of hydrogen-bond donors (Lipinski definition) is 1. The van der Waals surface area contributed by atoms with E-state index in [-0.39, 0.29) is 24.9 Å². The number of aliphatic hydroxyl groups is 1. The summed E-state index contributed by atoms with van der Waals surface area (Å²) in [7, 11) is 1.57. The molecule has 0 saturated heterocycles. The van der Waals surface area contributed by atoms with Gasteiger partial charge in [-0.3, -0.25) is 4.79 Å². The molecule has 0 radical (unpaired) electrons. The Balaban J connectivity index is 2.64. The molecule has 0 spiro atoms. The quantitative estimate of drug-likeness (QED) is 0.898. The summed E-state index contributed by atoms with van der Waals surface area (Å²) >= 11 is 3.14. The van der Waals surface area contributed by atoms with Gasteiger partial charge in [0.05, 0.1) is 12.1 Å². The summed E-state index contributed by atoms with van der Waals surface area (Å²) < 4.78 is 19.2. The summed E-state index contributed by atoms with van der Waals surface area (Å²) in [5.74, 6) is -0.848. The number of hydrogen-bond acceptors (Lipinski definition) is 3. The molecule has 0 fully saturated rings. The van der Waals surface area contributed by atoms with Gasteiger partial charge in [-0.15, -0.1) is 0 Å². The molecule has 1 aromatic carbocycles.